The fraction of sp³-hybridized carbons (Fsp3) is 0.238. The molecule has 1 atom stereocenters. The van der Waals surface area contributed by atoms with E-state index in [2.05, 4.69) is 217 Å². The molecule has 0 saturated heterocycles. The first-order valence-corrected chi connectivity index (χ1v) is 24.9. The van der Waals surface area contributed by atoms with Crippen LogP contribution in [0.5, 0.6) is 0 Å². The van der Waals surface area contributed by atoms with Crippen molar-refractivity contribution in [3.05, 3.63) is 196 Å². The maximum atomic E-state index is 2.80. The zero-order valence-corrected chi connectivity index (χ0v) is 40.0. The van der Waals surface area contributed by atoms with Crippen LogP contribution >= 0.6 is 11.3 Å². The summed E-state index contributed by atoms with van der Waals surface area (Å²) in [4.78, 5) is 5.58. The highest BCUT2D eigenvalue weighted by Crippen LogP contribution is 2.68. The van der Waals surface area contributed by atoms with Crippen LogP contribution in [0.1, 0.15) is 119 Å². The van der Waals surface area contributed by atoms with Crippen LogP contribution in [0.3, 0.4) is 0 Å². The lowest BCUT2D eigenvalue weighted by Gasteiger charge is -2.53. The Morgan fingerprint density at radius 3 is 1.97 bits per heavy atom. The van der Waals surface area contributed by atoms with Gasteiger partial charge in [-0.2, -0.15) is 0 Å². The van der Waals surface area contributed by atoms with Crippen LogP contribution in [0.25, 0.3) is 53.6 Å². The molecule has 2 aliphatic carbocycles. The van der Waals surface area contributed by atoms with Crippen LogP contribution in [0.15, 0.2) is 152 Å². The molecule has 322 valence electrons. The smallest absolute Gasteiger partial charge is 0.0892 e. The van der Waals surface area contributed by atoms with Gasteiger partial charge in [0.25, 0.3) is 0 Å². The van der Waals surface area contributed by atoms with Crippen LogP contribution < -0.4 is 9.80 Å². The minimum atomic E-state index is -0.242. The van der Waals surface area contributed by atoms with Crippen LogP contribution in [-0.2, 0) is 21.7 Å². The molecule has 4 heterocycles. The van der Waals surface area contributed by atoms with Crippen LogP contribution in [0, 0.1) is 0 Å². The minimum absolute atomic E-state index is 0.0649. The van der Waals surface area contributed by atoms with E-state index in [4.69, 9.17) is 0 Å². The van der Waals surface area contributed by atoms with Crippen molar-refractivity contribution in [1.29, 1.82) is 0 Å². The van der Waals surface area contributed by atoms with Gasteiger partial charge in [-0.15, -0.1) is 11.3 Å². The fourth-order valence-corrected chi connectivity index (χ4v) is 14.8. The van der Waals surface area contributed by atoms with Crippen molar-refractivity contribution in [1.82, 2.24) is 0 Å². The Labute approximate surface area is 393 Å². The molecule has 66 heavy (non-hydrogen) atoms. The predicted octanol–water partition coefficient (Wildman–Crippen LogP) is 17.7. The summed E-state index contributed by atoms with van der Waals surface area (Å²) in [7, 11) is 0. The second-order valence-electron chi connectivity index (χ2n) is 22.3. The van der Waals surface area contributed by atoms with Crippen LogP contribution in [0.2, 0.25) is 0 Å². The predicted molar refractivity (Wildman–Crippen MR) is 280 cm³/mol. The Morgan fingerprint density at radius 2 is 1.15 bits per heavy atom. The van der Waals surface area contributed by atoms with Crippen molar-refractivity contribution in [3.8, 4) is 33.4 Å². The number of anilines is 5. The second-order valence-corrected chi connectivity index (χ2v) is 23.3. The summed E-state index contributed by atoms with van der Waals surface area (Å²) in [6.45, 7) is 19.8. The maximum Gasteiger partial charge on any atom is 0.0892 e. The Kier molecular flexibility index (Phi) is 7.48. The van der Waals surface area contributed by atoms with Gasteiger partial charge in [0, 0.05) is 48.7 Å². The molecule has 3 aliphatic heterocycles. The van der Waals surface area contributed by atoms with Crippen molar-refractivity contribution >= 4 is 59.9 Å². The monoisotopic (exact) mass is 870 g/mol. The first kappa shape index (κ1) is 38.8. The Bertz CT molecular complexity index is 3620. The van der Waals surface area contributed by atoms with Gasteiger partial charge in [0.15, 0.2) is 0 Å². The highest BCUT2D eigenvalue weighted by molar-refractivity contribution is 7.26. The van der Waals surface area contributed by atoms with Crippen molar-refractivity contribution in [2.24, 2.45) is 0 Å². The summed E-state index contributed by atoms with van der Waals surface area (Å²) in [5.41, 5.74) is 25.6. The summed E-state index contributed by atoms with van der Waals surface area (Å²) in [5, 5.41) is 2.68. The third-order valence-electron chi connectivity index (χ3n) is 17.1. The van der Waals surface area contributed by atoms with Crippen molar-refractivity contribution in [2.45, 2.75) is 95.9 Å². The van der Waals surface area contributed by atoms with Crippen molar-refractivity contribution in [2.75, 3.05) is 9.80 Å². The third-order valence-corrected chi connectivity index (χ3v) is 18.2. The van der Waals surface area contributed by atoms with Crippen LogP contribution in [0.4, 0.5) is 28.4 Å². The van der Waals surface area contributed by atoms with Gasteiger partial charge in [-0.3, -0.25) is 0 Å². The normalized spacial score (nSPS) is 19.1. The summed E-state index contributed by atoms with van der Waals surface area (Å²) in [6, 6.07) is 58.8. The molecule has 14 rings (SSSR count). The first-order chi connectivity index (χ1) is 31.8. The summed E-state index contributed by atoms with van der Waals surface area (Å²) in [6.07, 6.45) is 2.37. The summed E-state index contributed by atoms with van der Waals surface area (Å²) in [5.74, 6) is 0. The van der Waals surface area contributed by atoms with E-state index in [0.29, 0.717) is 0 Å². The molecule has 0 N–H and O–H groups in total. The van der Waals surface area contributed by atoms with Gasteiger partial charge in [0.1, 0.15) is 0 Å². The van der Waals surface area contributed by atoms with Gasteiger partial charge in [-0.05, 0) is 115 Å². The van der Waals surface area contributed by atoms with E-state index in [-0.39, 0.29) is 27.7 Å². The standard InChI is InChI=1S/C63H54N2S/c1-60(2)30-31-61(3,4)48-35-52-49(34-47(48)60)62(5,6)46-25-16-23-42-56(46)65(52)58-54-43(33-44-40-21-13-15-27-53(40)66-59(44)58)39-29-28-37(36-18-10-9-11-19-36)32-51(39)64(57(42)54)50-26-17-22-41-38-20-12-14-24-45(38)63(7,8)55(41)50/h9-29,32-35,57H,30-31H2,1-8H3. The zero-order valence-electron chi connectivity index (χ0n) is 39.2. The van der Waals surface area contributed by atoms with E-state index in [1.807, 2.05) is 11.3 Å². The molecule has 0 radical (unpaired) electrons. The summed E-state index contributed by atoms with van der Waals surface area (Å²) >= 11 is 1.98. The Morgan fingerprint density at radius 1 is 0.455 bits per heavy atom. The molecule has 0 bridgehead atoms. The minimum Gasteiger partial charge on any atom is -0.329 e. The molecule has 2 nitrogen and oxygen atoms in total. The Balaban J connectivity index is 1.16. The van der Waals surface area contributed by atoms with E-state index in [1.54, 1.807) is 0 Å². The first-order valence-electron chi connectivity index (χ1n) is 24.1. The third kappa shape index (κ3) is 4.82. The maximum absolute atomic E-state index is 2.80. The number of nitrogens with zero attached hydrogens (tertiary/aromatic N) is 2. The van der Waals surface area contributed by atoms with E-state index >= 15 is 0 Å². The lowest BCUT2D eigenvalue weighted by Crippen LogP contribution is -2.41. The van der Waals surface area contributed by atoms with Gasteiger partial charge in [0.2, 0.25) is 0 Å². The highest BCUT2D eigenvalue weighted by Gasteiger charge is 2.51. The molecular weight excluding hydrogens is 817 g/mol. The lowest BCUT2D eigenvalue weighted by atomic mass is 9.60. The number of hydrogen-bond donors (Lipinski definition) is 0. The number of rotatable bonds is 2. The molecule has 0 fully saturated rings. The number of benzene rings is 8. The summed E-state index contributed by atoms with van der Waals surface area (Å²) < 4.78 is 2.71. The van der Waals surface area contributed by atoms with E-state index in [9.17, 15) is 0 Å². The van der Waals surface area contributed by atoms with Gasteiger partial charge in [-0.25, -0.2) is 0 Å². The van der Waals surface area contributed by atoms with E-state index in [1.165, 1.54) is 139 Å². The molecular formula is C63H54N2S. The van der Waals surface area contributed by atoms with Gasteiger partial charge >= 0.3 is 0 Å². The average Bonchev–Trinajstić information content (AvgIpc) is 3.81. The molecule has 0 spiro atoms. The molecule has 0 amide bonds. The molecule has 1 aromatic heterocycles. The SMILES string of the molecule is CC1(C)CCC(C)(C)c2cc3c(cc21)N1c2c(cccc2C3(C)C)C2c3c(cc4c(sc5ccccc54)c31)-c1ccc(-c3ccccc3)cc1N2c1cccc2c1C(C)(C)c1ccccc1-2. The topological polar surface area (TPSA) is 6.48 Å². The number of thiophene rings is 1. The molecule has 5 aliphatic rings. The van der Waals surface area contributed by atoms with Gasteiger partial charge in [0.05, 0.1) is 33.5 Å². The van der Waals surface area contributed by atoms with Gasteiger partial charge in [-0.1, -0.05) is 177 Å². The average molecular weight is 871 g/mol. The number of hydrogen-bond acceptors (Lipinski definition) is 3. The lowest BCUT2D eigenvalue weighted by molar-refractivity contribution is 0.331. The van der Waals surface area contributed by atoms with Crippen molar-refractivity contribution < 1.29 is 0 Å². The quantitative estimate of drug-likeness (QED) is 0.171. The number of para-hydroxylation sites is 1. The largest absolute Gasteiger partial charge is 0.329 e. The Hall–Kier alpha value is -6.42. The van der Waals surface area contributed by atoms with E-state index < -0.39 is 0 Å². The number of fused-ring (bicyclic) bond motifs is 14. The molecule has 0 saturated carbocycles. The van der Waals surface area contributed by atoms with Crippen LogP contribution in [-0.4, -0.2) is 0 Å². The molecule has 8 aromatic carbocycles. The second kappa shape index (κ2) is 12.7. The highest BCUT2D eigenvalue weighted by atomic mass is 32.1. The fourth-order valence-electron chi connectivity index (χ4n) is 13.5. The zero-order chi connectivity index (χ0) is 44.8. The molecule has 3 heteroatoms. The molecule has 1 unspecified atom stereocenters. The van der Waals surface area contributed by atoms with Gasteiger partial charge < -0.3 is 9.80 Å². The molecule has 9 aromatic rings. The van der Waals surface area contributed by atoms with Crippen molar-refractivity contribution in [3.63, 3.8) is 0 Å². The van der Waals surface area contributed by atoms with E-state index in [0.717, 1.165) is 0 Å².